The maximum Gasteiger partial charge on any atom is 0.306 e. The molecule has 0 spiro atoms. The third kappa shape index (κ3) is 3.59. The minimum atomic E-state index is -1.10. The summed E-state index contributed by atoms with van der Waals surface area (Å²) in [6, 6.07) is 11.0. The van der Waals surface area contributed by atoms with Crippen LogP contribution in [0.4, 0.5) is 5.69 Å². The molecule has 1 heterocycles. The standard InChI is InChI=1S/C19H18BrNO5/c1-10-12(4-3-5-15(10)25-2)18-13-8-11(20)6-7-14(13)21-19(24)16(26-18)9-17(22)23/h3-8,16,18H,9H2,1-2H3,(H,21,24)(H,22,23). The molecule has 1 amide bonds. The Hall–Kier alpha value is -2.38. The first kappa shape index (κ1) is 18.4. The monoisotopic (exact) mass is 419 g/mol. The number of carboxylic acid groups (broad SMARTS) is 1. The number of hydrogen-bond donors (Lipinski definition) is 2. The van der Waals surface area contributed by atoms with Gasteiger partial charge in [-0.1, -0.05) is 28.1 Å². The van der Waals surface area contributed by atoms with Gasteiger partial charge in [0, 0.05) is 15.7 Å². The molecule has 136 valence electrons. The van der Waals surface area contributed by atoms with Gasteiger partial charge in [0.15, 0.2) is 0 Å². The Morgan fingerprint density at radius 3 is 2.77 bits per heavy atom. The number of hydrogen-bond acceptors (Lipinski definition) is 4. The topological polar surface area (TPSA) is 84.9 Å². The van der Waals surface area contributed by atoms with Gasteiger partial charge < -0.3 is 19.9 Å². The molecule has 3 rings (SSSR count). The molecule has 2 aromatic rings. The minimum absolute atomic E-state index is 0.416. The molecule has 1 aliphatic heterocycles. The van der Waals surface area contributed by atoms with E-state index in [0.717, 1.165) is 21.2 Å². The smallest absolute Gasteiger partial charge is 0.306 e. The van der Waals surface area contributed by atoms with Crippen molar-refractivity contribution in [2.24, 2.45) is 0 Å². The second kappa shape index (κ2) is 7.47. The normalized spacial score (nSPS) is 19.3. The van der Waals surface area contributed by atoms with Crippen LogP contribution in [0.3, 0.4) is 0 Å². The van der Waals surface area contributed by atoms with Crippen molar-refractivity contribution in [1.29, 1.82) is 0 Å². The number of fused-ring (bicyclic) bond motifs is 1. The average Bonchev–Trinajstić information content (AvgIpc) is 2.72. The molecule has 0 fully saturated rings. The fourth-order valence-corrected chi connectivity index (χ4v) is 3.43. The summed E-state index contributed by atoms with van der Waals surface area (Å²) in [4.78, 5) is 23.6. The lowest BCUT2D eigenvalue weighted by Crippen LogP contribution is -2.31. The number of carbonyl (C=O) groups is 2. The highest BCUT2D eigenvalue weighted by Crippen LogP contribution is 2.40. The molecule has 2 N–H and O–H groups in total. The SMILES string of the molecule is COc1cccc(C2OC(CC(=O)O)C(=O)Nc3ccc(Br)cc32)c1C. The van der Waals surface area contributed by atoms with E-state index in [9.17, 15) is 9.59 Å². The van der Waals surface area contributed by atoms with Crippen LogP contribution < -0.4 is 10.1 Å². The summed E-state index contributed by atoms with van der Waals surface area (Å²) in [5.41, 5.74) is 3.03. The van der Waals surface area contributed by atoms with Gasteiger partial charge in [-0.05, 0) is 42.3 Å². The van der Waals surface area contributed by atoms with Crippen molar-refractivity contribution >= 4 is 33.5 Å². The first-order valence-electron chi connectivity index (χ1n) is 8.01. The van der Waals surface area contributed by atoms with Gasteiger partial charge in [-0.25, -0.2) is 0 Å². The van der Waals surface area contributed by atoms with Gasteiger partial charge in [0.05, 0.1) is 13.5 Å². The summed E-state index contributed by atoms with van der Waals surface area (Å²) >= 11 is 3.45. The maximum absolute atomic E-state index is 12.4. The number of methoxy groups -OCH3 is 1. The molecule has 2 aromatic carbocycles. The van der Waals surface area contributed by atoms with E-state index in [1.165, 1.54) is 0 Å². The third-order valence-corrected chi connectivity index (χ3v) is 4.83. The molecule has 0 radical (unpaired) electrons. The van der Waals surface area contributed by atoms with Gasteiger partial charge in [-0.3, -0.25) is 9.59 Å². The van der Waals surface area contributed by atoms with Crippen LogP contribution in [0.1, 0.15) is 29.2 Å². The van der Waals surface area contributed by atoms with Crippen molar-refractivity contribution in [3.63, 3.8) is 0 Å². The van der Waals surface area contributed by atoms with Crippen molar-refractivity contribution in [3.05, 3.63) is 57.6 Å². The van der Waals surface area contributed by atoms with Crippen LogP contribution in [0.5, 0.6) is 5.75 Å². The van der Waals surface area contributed by atoms with Gasteiger partial charge in [0.1, 0.15) is 18.0 Å². The third-order valence-electron chi connectivity index (χ3n) is 4.34. The summed E-state index contributed by atoms with van der Waals surface area (Å²) in [5, 5.41) is 11.9. The second-order valence-corrected chi connectivity index (χ2v) is 6.91. The van der Waals surface area contributed by atoms with Crippen LogP contribution in [-0.4, -0.2) is 30.2 Å². The molecular weight excluding hydrogens is 402 g/mol. The first-order valence-corrected chi connectivity index (χ1v) is 8.81. The van der Waals surface area contributed by atoms with E-state index >= 15 is 0 Å². The number of aliphatic carboxylic acids is 1. The van der Waals surface area contributed by atoms with Gasteiger partial charge >= 0.3 is 5.97 Å². The minimum Gasteiger partial charge on any atom is -0.496 e. The zero-order valence-electron chi connectivity index (χ0n) is 14.3. The number of halogens is 1. The van der Waals surface area contributed by atoms with Gasteiger partial charge in [0.2, 0.25) is 0 Å². The molecule has 0 saturated carbocycles. The summed E-state index contributed by atoms with van der Waals surface area (Å²) in [5.74, 6) is -0.876. The van der Waals surface area contributed by atoms with Gasteiger partial charge in [-0.15, -0.1) is 0 Å². The Balaban J connectivity index is 2.15. The molecule has 0 aliphatic carbocycles. The molecule has 2 atom stereocenters. The maximum atomic E-state index is 12.4. The predicted molar refractivity (Wildman–Crippen MR) is 99.5 cm³/mol. The van der Waals surface area contributed by atoms with Crippen LogP contribution in [0.15, 0.2) is 40.9 Å². The average molecular weight is 420 g/mol. The number of carbonyl (C=O) groups excluding carboxylic acids is 1. The number of ether oxygens (including phenoxy) is 2. The lowest BCUT2D eigenvalue weighted by atomic mass is 9.95. The van der Waals surface area contributed by atoms with Crippen molar-refractivity contribution < 1.29 is 24.2 Å². The summed E-state index contributed by atoms with van der Waals surface area (Å²) in [6.07, 6.45) is -2.13. The Morgan fingerprint density at radius 1 is 1.31 bits per heavy atom. The number of nitrogens with one attached hydrogen (secondary N) is 1. The van der Waals surface area contributed by atoms with Crippen LogP contribution in [0.2, 0.25) is 0 Å². The van der Waals surface area contributed by atoms with Crippen LogP contribution >= 0.6 is 15.9 Å². The number of benzene rings is 2. The lowest BCUT2D eigenvalue weighted by molar-refractivity contribution is -0.146. The van der Waals surface area contributed by atoms with Crippen molar-refractivity contribution in [3.8, 4) is 5.75 Å². The van der Waals surface area contributed by atoms with E-state index < -0.39 is 30.5 Å². The van der Waals surface area contributed by atoms with E-state index in [0.29, 0.717) is 11.4 Å². The second-order valence-electron chi connectivity index (χ2n) is 6.00. The molecule has 0 saturated heterocycles. The number of carboxylic acids is 1. The molecule has 7 heteroatoms. The largest absolute Gasteiger partial charge is 0.496 e. The Kier molecular flexibility index (Phi) is 5.29. The highest BCUT2D eigenvalue weighted by Gasteiger charge is 2.34. The Morgan fingerprint density at radius 2 is 2.08 bits per heavy atom. The molecular formula is C19H18BrNO5. The molecule has 0 aromatic heterocycles. The molecule has 1 aliphatic rings. The zero-order valence-corrected chi connectivity index (χ0v) is 15.9. The fraction of sp³-hybridized carbons (Fsp3) is 0.263. The van der Waals surface area contributed by atoms with Crippen LogP contribution in [-0.2, 0) is 14.3 Å². The predicted octanol–water partition coefficient (Wildman–Crippen LogP) is 3.67. The quantitative estimate of drug-likeness (QED) is 0.789. The van der Waals surface area contributed by atoms with Gasteiger partial charge in [-0.2, -0.15) is 0 Å². The van der Waals surface area contributed by atoms with Crippen molar-refractivity contribution in [2.75, 3.05) is 12.4 Å². The summed E-state index contributed by atoms with van der Waals surface area (Å²) < 4.78 is 12.2. The lowest BCUT2D eigenvalue weighted by Gasteiger charge is -2.23. The Labute approximate surface area is 159 Å². The highest BCUT2D eigenvalue weighted by molar-refractivity contribution is 9.10. The highest BCUT2D eigenvalue weighted by atomic mass is 79.9. The van der Waals surface area contributed by atoms with E-state index in [-0.39, 0.29) is 0 Å². The first-order chi connectivity index (χ1) is 12.4. The van der Waals surface area contributed by atoms with Crippen molar-refractivity contribution in [1.82, 2.24) is 0 Å². The summed E-state index contributed by atoms with van der Waals surface area (Å²) in [6.45, 7) is 1.90. The number of rotatable bonds is 4. The summed E-state index contributed by atoms with van der Waals surface area (Å²) in [7, 11) is 1.59. The van der Waals surface area contributed by atoms with E-state index in [2.05, 4.69) is 21.2 Å². The molecule has 2 unspecified atom stereocenters. The number of amides is 1. The van der Waals surface area contributed by atoms with E-state index in [4.69, 9.17) is 14.6 Å². The molecule has 6 nitrogen and oxygen atoms in total. The van der Waals surface area contributed by atoms with Crippen LogP contribution in [0.25, 0.3) is 0 Å². The van der Waals surface area contributed by atoms with Crippen molar-refractivity contribution in [2.45, 2.75) is 25.6 Å². The fourth-order valence-electron chi connectivity index (χ4n) is 3.05. The zero-order chi connectivity index (χ0) is 18.8. The van der Waals surface area contributed by atoms with E-state index in [1.807, 2.05) is 37.3 Å². The number of anilines is 1. The van der Waals surface area contributed by atoms with Gasteiger partial charge in [0.25, 0.3) is 5.91 Å². The molecule has 26 heavy (non-hydrogen) atoms. The Bertz CT molecular complexity index is 867. The van der Waals surface area contributed by atoms with E-state index in [1.54, 1.807) is 13.2 Å². The molecule has 0 bridgehead atoms. The van der Waals surface area contributed by atoms with Crippen LogP contribution in [0, 0.1) is 6.92 Å².